The maximum atomic E-state index is 14.9. The summed E-state index contributed by atoms with van der Waals surface area (Å²) in [6.07, 6.45) is 7.19. The van der Waals surface area contributed by atoms with Gasteiger partial charge in [-0.05, 0) is 110 Å². The zero-order valence-electron chi connectivity index (χ0n) is 15.9. The highest BCUT2D eigenvalue weighted by Gasteiger charge is 2.37. The van der Waals surface area contributed by atoms with Crippen LogP contribution >= 0.6 is 0 Å². The lowest BCUT2D eigenvalue weighted by molar-refractivity contribution is 0.130. The predicted octanol–water partition coefficient (Wildman–Crippen LogP) is 7.17. The third-order valence-corrected chi connectivity index (χ3v) is 7.34. The molecule has 0 N–H and O–H groups in total. The highest BCUT2D eigenvalue weighted by atomic mass is 19.3. The normalized spacial score (nSPS) is 33.1. The van der Waals surface area contributed by atoms with Crippen LogP contribution in [-0.4, -0.2) is 0 Å². The maximum Gasteiger partial charge on any atom is 0.266 e. The van der Waals surface area contributed by atoms with E-state index in [9.17, 15) is 17.6 Å². The molecule has 1 aromatic carbocycles. The quantitative estimate of drug-likeness (QED) is 0.477. The molecule has 0 heterocycles. The van der Waals surface area contributed by atoms with Gasteiger partial charge in [0.25, 0.3) is 6.08 Å². The van der Waals surface area contributed by atoms with Crippen LogP contribution in [-0.2, 0) is 12.8 Å². The van der Waals surface area contributed by atoms with Crippen LogP contribution in [0.5, 0.6) is 0 Å². The number of hydrogen-bond donors (Lipinski definition) is 0. The van der Waals surface area contributed by atoms with E-state index in [1.165, 1.54) is 0 Å². The van der Waals surface area contributed by atoms with Crippen molar-refractivity contribution in [3.05, 3.63) is 46.5 Å². The van der Waals surface area contributed by atoms with E-state index in [0.717, 1.165) is 63.0 Å². The van der Waals surface area contributed by atoms with Crippen LogP contribution in [0.2, 0.25) is 0 Å². The van der Waals surface area contributed by atoms with Crippen molar-refractivity contribution in [2.24, 2.45) is 23.7 Å². The number of rotatable bonds is 2. The Morgan fingerprint density at radius 3 is 2.48 bits per heavy atom. The van der Waals surface area contributed by atoms with Crippen molar-refractivity contribution in [2.75, 3.05) is 0 Å². The summed E-state index contributed by atoms with van der Waals surface area (Å²) < 4.78 is 54.7. The van der Waals surface area contributed by atoms with Gasteiger partial charge in [0, 0.05) is 0 Å². The average Bonchev–Trinajstić information content (AvgIpc) is 2.64. The van der Waals surface area contributed by atoms with E-state index in [-0.39, 0.29) is 11.8 Å². The second kappa shape index (κ2) is 7.60. The lowest BCUT2D eigenvalue weighted by Gasteiger charge is -2.42. The first kappa shape index (κ1) is 19.0. The zero-order chi connectivity index (χ0) is 19.1. The van der Waals surface area contributed by atoms with Crippen molar-refractivity contribution in [1.29, 1.82) is 0 Å². The van der Waals surface area contributed by atoms with Crippen molar-refractivity contribution < 1.29 is 17.6 Å². The molecule has 2 saturated carbocycles. The summed E-state index contributed by atoms with van der Waals surface area (Å²) in [4.78, 5) is 0. The fraction of sp³-hybridized carbons (Fsp3) is 0.652. The summed E-state index contributed by atoms with van der Waals surface area (Å²) >= 11 is 0. The summed E-state index contributed by atoms with van der Waals surface area (Å²) in [5.41, 5.74) is 2.15. The second-order valence-electron chi connectivity index (χ2n) is 9.14. The number of halogens is 4. The fourth-order valence-electron chi connectivity index (χ4n) is 5.87. The predicted molar refractivity (Wildman–Crippen MR) is 98.8 cm³/mol. The number of hydrogen-bond acceptors (Lipinski definition) is 0. The Balaban J connectivity index is 1.52. The van der Waals surface area contributed by atoms with Gasteiger partial charge in [0.05, 0.1) is 0 Å². The monoisotopic (exact) mass is 380 g/mol. The molecule has 0 saturated heterocycles. The molecule has 148 valence electrons. The minimum Gasteiger partial charge on any atom is -0.203 e. The molecule has 0 bridgehead atoms. The van der Waals surface area contributed by atoms with Crippen LogP contribution in [0.3, 0.4) is 0 Å². The van der Waals surface area contributed by atoms with Crippen molar-refractivity contribution in [1.82, 2.24) is 0 Å². The van der Waals surface area contributed by atoms with E-state index in [2.05, 4.69) is 6.92 Å². The number of benzene rings is 1. The van der Waals surface area contributed by atoms with Crippen LogP contribution in [0.1, 0.15) is 74.5 Å². The summed E-state index contributed by atoms with van der Waals surface area (Å²) in [6, 6.07) is 1.94. The van der Waals surface area contributed by atoms with Gasteiger partial charge < -0.3 is 0 Å². The van der Waals surface area contributed by atoms with Crippen molar-refractivity contribution in [2.45, 2.75) is 70.6 Å². The van der Waals surface area contributed by atoms with Gasteiger partial charge in [0.1, 0.15) is 0 Å². The molecule has 0 aromatic heterocycles. The SMILES string of the molecule is CC1CCc2cc(C3CCC4CC(C=C(F)F)CCC4C3)c(F)c(F)c2C1. The Bertz CT molecular complexity index is 734. The van der Waals surface area contributed by atoms with Gasteiger partial charge in [-0.2, -0.15) is 8.78 Å². The summed E-state index contributed by atoms with van der Waals surface area (Å²) in [6.45, 7) is 2.09. The molecule has 5 atom stereocenters. The Kier molecular flexibility index (Phi) is 5.35. The third-order valence-electron chi connectivity index (χ3n) is 7.34. The van der Waals surface area contributed by atoms with Crippen LogP contribution in [0.4, 0.5) is 17.6 Å². The molecule has 0 radical (unpaired) electrons. The average molecular weight is 380 g/mol. The molecule has 5 unspecified atom stereocenters. The van der Waals surface area contributed by atoms with E-state index in [0.29, 0.717) is 35.3 Å². The van der Waals surface area contributed by atoms with E-state index < -0.39 is 17.7 Å². The largest absolute Gasteiger partial charge is 0.266 e. The summed E-state index contributed by atoms with van der Waals surface area (Å²) in [5, 5.41) is 0. The van der Waals surface area contributed by atoms with E-state index in [1.54, 1.807) is 0 Å². The Morgan fingerprint density at radius 1 is 0.963 bits per heavy atom. The van der Waals surface area contributed by atoms with Gasteiger partial charge in [-0.25, -0.2) is 8.78 Å². The second-order valence-corrected chi connectivity index (χ2v) is 9.14. The lowest BCUT2D eigenvalue weighted by Crippen LogP contribution is -2.30. The standard InChI is InChI=1S/C23H28F4/c1-13-2-4-18-12-20(23(27)22(26)19(18)8-13)17-7-6-15-9-14(10-21(24)25)3-5-16(15)11-17/h10,12-17H,2-9,11H2,1H3. The Hall–Kier alpha value is -1.32. The summed E-state index contributed by atoms with van der Waals surface area (Å²) in [5.74, 6) is 0.0941. The molecule has 3 aliphatic carbocycles. The minimum absolute atomic E-state index is 0.0206. The molecule has 0 spiro atoms. The zero-order valence-corrected chi connectivity index (χ0v) is 15.9. The van der Waals surface area contributed by atoms with Gasteiger partial charge in [-0.1, -0.05) is 13.0 Å². The lowest BCUT2D eigenvalue weighted by atomic mass is 9.63. The van der Waals surface area contributed by atoms with E-state index in [1.807, 2.05) is 6.07 Å². The minimum atomic E-state index is -1.58. The molecular weight excluding hydrogens is 352 g/mol. The fourth-order valence-corrected chi connectivity index (χ4v) is 5.87. The third kappa shape index (κ3) is 3.82. The van der Waals surface area contributed by atoms with E-state index in [4.69, 9.17) is 0 Å². The van der Waals surface area contributed by atoms with Crippen LogP contribution in [0, 0.1) is 35.3 Å². The Morgan fingerprint density at radius 2 is 1.70 bits per heavy atom. The molecule has 1 aromatic rings. The van der Waals surface area contributed by atoms with Crippen LogP contribution in [0.15, 0.2) is 18.2 Å². The van der Waals surface area contributed by atoms with E-state index >= 15 is 0 Å². The first-order valence-corrected chi connectivity index (χ1v) is 10.4. The van der Waals surface area contributed by atoms with Crippen molar-refractivity contribution in [3.63, 3.8) is 0 Å². The van der Waals surface area contributed by atoms with Gasteiger partial charge in [0.15, 0.2) is 11.6 Å². The highest BCUT2D eigenvalue weighted by molar-refractivity contribution is 5.38. The Labute approximate surface area is 159 Å². The smallest absolute Gasteiger partial charge is 0.203 e. The first-order chi connectivity index (χ1) is 12.9. The topological polar surface area (TPSA) is 0 Å². The molecule has 27 heavy (non-hydrogen) atoms. The first-order valence-electron chi connectivity index (χ1n) is 10.4. The number of fused-ring (bicyclic) bond motifs is 2. The number of aryl methyl sites for hydroxylation is 1. The summed E-state index contributed by atoms with van der Waals surface area (Å²) in [7, 11) is 0. The molecule has 3 aliphatic rings. The van der Waals surface area contributed by atoms with Gasteiger partial charge in [-0.15, -0.1) is 0 Å². The van der Waals surface area contributed by atoms with Gasteiger partial charge in [0.2, 0.25) is 0 Å². The van der Waals surface area contributed by atoms with Gasteiger partial charge in [-0.3, -0.25) is 0 Å². The molecule has 0 aliphatic heterocycles. The molecular formula is C23H28F4. The molecule has 4 heteroatoms. The van der Waals surface area contributed by atoms with Gasteiger partial charge >= 0.3 is 0 Å². The molecule has 2 fully saturated rings. The molecule has 0 amide bonds. The molecule has 0 nitrogen and oxygen atoms in total. The van der Waals surface area contributed by atoms with Crippen molar-refractivity contribution in [3.8, 4) is 0 Å². The highest BCUT2D eigenvalue weighted by Crippen LogP contribution is 2.49. The molecule has 4 rings (SSSR count). The van der Waals surface area contributed by atoms with Crippen LogP contribution < -0.4 is 0 Å². The maximum absolute atomic E-state index is 14.9. The van der Waals surface area contributed by atoms with Crippen molar-refractivity contribution >= 4 is 0 Å². The number of allylic oxidation sites excluding steroid dienone is 1. The van der Waals surface area contributed by atoms with Crippen LogP contribution in [0.25, 0.3) is 0 Å².